The summed E-state index contributed by atoms with van der Waals surface area (Å²) < 4.78 is 0. The van der Waals surface area contributed by atoms with E-state index in [4.69, 9.17) is 5.73 Å². The molecule has 0 spiro atoms. The molecule has 33 heavy (non-hydrogen) atoms. The summed E-state index contributed by atoms with van der Waals surface area (Å²) in [6.45, 7) is 1.17. The second-order valence-corrected chi connectivity index (χ2v) is 11.3. The molecule has 6 aliphatic rings. The molecular formula is C24H35N5O4. The Balaban J connectivity index is 1.40. The summed E-state index contributed by atoms with van der Waals surface area (Å²) in [4.78, 5) is 43.8. The normalized spacial score (nSPS) is 39.3. The van der Waals surface area contributed by atoms with E-state index in [1.807, 2.05) is 4.90 Å². The van der Waals surface area contributed by atoms with Gasteiger partial charge in [-0.1, -0.05) is 0 Å². The van der Waals surface area contributed by atoms with Gasteiger partial charge >= 0.3 is 0 Å². The van der Waals surface area contributed by atoms with Crippen molar-refractivity contribution in [3.05, 3.63) is 0 Å². The molecule has 3 N–H and O–H groups in total. The smallest absolute Gasteiger partial charge is 0.240 e. The maximum atomic E-state index is 13.4. The minimum atomic E-state index is -0.722. The molecule has 4 saturated carbocycles. The van der Waals surface area contributed by atoms with Crippen molar-refractivity contribution in [1.29, 1.82) is 5.26 Å². The summed E-state index contributed by atoms with van der Waals surface area (Å²) in [5.74, 6) is 0.0366. The minimum absolute atomic E-state index is 0.0378. The van der Waals surface area contributed by atoms with E-state index >= 15 is 0 Å². The van der Waals surface area contributed by atoms with Gasteiger partial charge in [0, 0.05) is 18.6 Å². The first-order valence-electron chi connectivity index (χ1n) is 12.5. The van der Waals surface area contributed by atoms with E-state index in [2.05, 4.69) is 6.07 Å². The molecule has 0 aromatic carbocycles. The van der Waals surface area contributed by atoms with Crippen LogP contribution in [-0.2, 0) is 14.4 Å². The van der Waals surface area contributed by atoms with Gasteiger partial charge in [0.25, 0.3) is 0 Å². The van der Waals surface area contributed by atoms with Crippen LogP contribution in [-0.4, -0.2) is 86.9 Å². The fraction of sp³-hybridized carbons (Fsp3) is 0.833. The second-order valence-electron chi connectivity index (χ2n) is 11.3. The van der Waals surface area contributed by atoms with Crippen LogP contribution in [0.4, 0.5) is 0 Å². The van der Waals surface area contributed by atoms with Crippen molar-refractivity contribution >= 4 is 17.7 Å². The summed E-state index contributed by atoms with van der Waals surface area (Å²) in [6.07, 6.45) is 7.88. The third kappa shape index (κ3) is 4.01. The largest absolute Gasteiger partial charge is 0.390 e. The molecule has 9 heteroatoms. The fourth-order valence-corrected chi connectivity index (χ4v) is 8.00. The molecule has 2 unspecified atom stereocenters. The highest BCUT2D eigenvalue weighted by molar-refractivity contribution is 5.88. The van der Waals surface area contributed by atoms with Crippen LogP contribution >= 0.6 is 0 Å². The van der Waals surface area contributed by atoms with Gasteiger partial charge < -0.3 is 20.6 Å². The Morgan fingerprint density at radius 3 is 2.21 bits per heavy atom. The highest BCUT2D eigenvalue weighted by Crippen LogP contribution is 2.59. The maximum Gasteiger partial charge on any atom is 0.240 e. The molecule has 9 nitrogen and oxygen atoms in total. The zero-order valence-corrected chi connectivity index (χ0v) is 19.2. The lowest BCUT2D eigenvalue weighted by molar-refractivity contribution is -0.181. The van der Waals surface area contributed by atoms with Crippen LogP contribution in [0.25, 0.3) is 0 Å². The van der Waals surface area contributed by atoms with Gasteiger partial charge in [0.15, 0.2) is 0 Å². The van der Waals surface area contributed by atoms with Gasteiger partial charge in [0.05, 0.1) is 24.8 Å². The topological polar surface area (TPSA) is 131 Å². The lowest BCUT2D eigenvalue weighted by Gasteiger charge is -2.63. The van der Waals surface area contributed by atoms with Crippen molar-refractivity contribution in [3.8, 4) is 6.07 Å². The molecule has 2 aliphatic heterocycles. The number of amides is 3. The first kappa shape index (κ1) is 22.6. The van der Waals surface area contributed by atoms with Crippen LogP contribution in [0, 0.1) is 23.2 Å². The predicted octanol–water partition coefficient (Wildman–Crippen LogP) is 0.363. The molecule has 0 radical (unpaired) electrons. The van der Waals surface area contributed by atoms with Crippen LogP contribution in [0.15, 0.2) is 0 Å². The molecule has 4 atom stereocenters. The summed E-state index contributed by atoms with van der Waals surface area (Å²) in [5, 5.41) is 20.7. The molecule has 6 rings (SSSR count). The Labute approximate surface area is 194 Å². The molecule has 0 aromatic heterocycles. The predicted molar refractivity (Wildman–Crippen MR) is 118 cm³/mol. The van der Waals surface area contributed by atoms with Crippen molar-refractivity contribution in [3.63, 3.8) is 0 Å². The first-order chi connectivity index (χ1) is 15.7. The third-order valence-electron chi connectivity index (χ3n) is 8.95. The number of carbonyl (C=O) groups excluding carboxylic acids is 3. The zero-order chi connectivity index (χ0) is 23.4. The lowest BCUT2D eigenvalue weighted by atomic mass is 9.50. The number of likely N-dealkylation sites (tertiary alicyclic amines) is 2. The van der Waals surface area contributed by atoms with Crippen LogP contribution in [0.2, 0.25) is 0 Å². The van der Waals surface area contributed by atoms with Crippen LogP contribution < -0.4 is 5.73 Å². The van der Waals surface area contributed by atoms with Gasteiger partial charge in [0.1, 0.15) is 12.1 Å². The average molecular weight is 458 g/mol. The van der Waals surface area contributed by atoms with E-state index in [0.717, 1.165) is 44.9 Å². The first-order valence-corrected chi connectivity index (χ1v) is 12.5. The zero-order valence-electron chi connectivity index (χ0n) is 19.2. The lowest BCUT2D eigenvalue weighted by Crippen LogP contribution is -2.67. The fourth-order valence-electron chi connectivity index (χ4n) is 8.00. The second kappa shape index (κ2) is 8.24. The minimum Gasteiger partial charge on any atom is -0.390 e. The van der Waals surface area contributed by atoms with Crippen molar-refractivity contribution in [1.82, 2.24) is 14.7 Å². The number of primary amides is 1. The number of aliphatic hydroxyl groups is 1. The Kier molecular flexibility index (Phi) is 5.65. The third-order valence-corrected chi connectivity index (χ3v) is 8.95. The van der Waals surface area contributed by atoms with Crippen LogP contribution in [0.5, 0.6) is 0 Å². The molecule has 2 saturated heterocycles. The summed E-state index contributed by atoms with van der Waals surface area (Å²) in [7, 11) is 0. The van der Waals surface area contributed by atoms with Gasteiger partial charge in [-0.2, -0.15) is 5.26 Å². The van der Waals surface area contributed by atoms with E-state index in [0.29, 0.717) is 44.2 Å². The van der Waals surface area contributed by atoms with E-state index in [-0.39, 0.29) is 24.9 Å². The van der Waals surface area contributed by atoms with E-state index in [1.165, 1.54) is 0 Å². The van der Waals surface area contributed by atoms with Crippen LogP contribution in [0.1, 0.15) is 64.2 Å². The molecule has 3 amide bonds. The summed E-state index contributed by atoms with van der Waals surface area (Å²) in [6, 6.07) is 1.24. The molecule has 4 aliphatic carbocycles. The van der Waals surface area contributed by atoms with E-state index in [9.17, 15) is 24.8 Å². The number of rotatable bonds is 6. The highest BCUT2D eigenvalue weighted by atomic mass is 16.3. The SMILES string of the molecule is N#C[C@@H]1CCCN1C(=O)CN(CC(=O)N1CCC[C@H]1C(N)=O)C12CC3CC(CC(O)(C3)C1)C2. The van der Waals surface area contributed by atoms with Crippen molar-refractivity contribution in [2.75, 3.05) is 26.2 Å². The number of hydrogen-bond donors (Lipinski definition) is 2. The Hall–Kier alpha value is -2.18. The molecular weight excluding hydrogens is 422 g/mol. The maximum absolute atomic E-state index is 13.4. The quantitative estimate of drug-likeness (QED) is 0.592. The molecule has 2 heterocycles. The molecule has 0 aromatic rings. The highest BCUT2D eigenvalue weighted by Gasteiger charge is 2.59. The molecule has 180 valence electrons. The number of nitriles is 1. The molecule has 6 fully saturated rings. The summed E-state index contributed by atoms with van der Waals surface area (Å²) in [5.41, 5.74) is 4.43. The number of nitrogens with zero attached hydrogens (tertiary/aromatic N) is 4. The Morgan fingerprint density at radius 1 is 1.00 bits per heavy atom. The van der Waals surface area contributed by atoms with E-state index in [1.54, 1.807) is 9.80 Å². The standard InChI is InChI=1S/C24H35N5O4/c25-12-18-3-1-5-28(18)20(30)13-27(14-21(31)29-6-2-4-19(29)22(26)32)23-8-16-7-17(9-23)11-24(33,10-16)15-23/h16-19,33H,1-11,13-15H2,(H2,26,32)/t16?,17?,18-,19-,23?,24?/m0/s1. The van der Waals surface area contributed by atoms with Gasteiger partial charge in [-0.15, -0.1) is 0 Å². The number of hydrogen-bond acceptors (Lipinski definition) is 6. The Morgan fingerprint density at radius 2 is 1.61 bits per heavy atom. The number of nitrogens with two attached hydrogens (primary N) is 1. The summed E-state index contributed by atoms with van der Waals surface area (Å²) >= 11 is 0. The van der Waals surface area contributed by atoms with Crippen molar-refractivity contribution in [2.45, 2.75) is 87.4 Å². The average Bonchev–Trinajstić information content (AvgIpc) is 3.40. The van der Waals surface area contributed by atoms with Crippen molar-refractivity contribution in [2.24, 2.45) is 17.6 Å². The number of carbonyl (C=O) groups is 3. The monoisotopic (exact) mass is 457 g/mol. The van der Waals surface area contributed by atoms with Crippen LogP contribution in [0.3, 0.4) is 0 Å². The van der Waals surface area contributed by atoms with E-state index < -0.39 is 29.1 Å². The van der Waals surface area contributed by atoms with Gasteiger partial charge in [-0.05, 0) is 76.0 Å². The van der Waals surface area contributed by atoms with Gasteiger partial charge in [0.2, 0.25) is 17.7 Å². The van der Waals surface area contributed by atoms with Crippen molar-refractivity contribution < 1.29 is 19.5 Å². The van der Waals surface area contributed by atoms with Gasteiger partial charge in [-0.3, -0.25) is 19.3 Å². The Bertz CT molecular complexity index is 871. The van der Waals surface area contributed by atoms with Gasteiger partial charge in [-0.25, -0.2) is 0 Å². The molecule has 4 bridgehead atoms.